The highest BCUT2D eigenvalue weighted by molar-refractivity contribution is 6.21. The van der Waals surface area contributed by atoms with Crippen molar-refractivity contribution in [2.24, 2.45) is 5.41 Å². The van der Waals surface area contributed by atoms with Crippen molar-refractivity contribution in [1.82, 2.24) is 4.90 Å². The average Bonchev–Trinajstić information content (AvgIpc) is 3.26. The molecule has 3 aromatic rings. The predicted molar refractivity (Wildman–Crippen MR) is 125 cm³/mol. The number of carbonyl (C=O) groups is 2. The monoisotopic (exact) mass is 419 g/mol. The number of carbonyl (C=O) groups excluding carboxylic acids is 2. The molecule has 1 saturated carbocycles. The van der Waals surface area contributed by atoms with Crippen molar-refractivity contribution in [3.05, 3.63) is 107 Å². The maximum absolute atomic E-state index is 13.1. The van der Waals surface area contributed by atoms with Gasteiger partial charge in [0, 0.05) is 23.1 Å². The van der Waals surface area contributed by atoms with E-state index in [-0.39, 0.29) is 29.2 Å². The van der Waals surface area contributed by atoms with Crippen LogP contribution in [0.3, 0.4) is 0 Å². The summed E-state index contributed by atoms with van der Waals surface area (Å²) in [6.07, 6.45) is 1.73. The summed E-state index contributed by atoms with van der Waals surface area (Å²) in [4.78, 5) is 27.8. The molecule has 2 amide bonds. The third kappa shape index (κ3) is 3.63. The number of benzene rings is 3. The average molecular weight is 420 g/mol. The van der Waals surface area contributed by atoms with Crippen LogP contribution in [0.25, 0.3) is 0 Å². The van der Waals surface area contributed by atoms with Crippen LogP contribution >= 0.6 is 0 Å². The van der Waals surface area contributed by atoms with Crippen molar-refractivity contribution in [3.63, 3.8) is 0 Å². The standard InChI is InChI=1S/C29H25NO2/c1-29(2)18-25(22-16-14-21(15-17-22)13-12-20-8-4-3-5-9-20)26(19-29)30-27(31)23-10-6-7-11-24(23)28(30)32/h3-11,14-17,25-26H,18-19H2,1-2H3/t25?,26-/m0/s1. The normalized spacial score (nSPS) is 21.2. The lowest BCUT2D eigenvalue weighted by Gasteiger charge is -2.28. The molecule has 5 rings (SSSR count). The van der Waals surface area contributed by atoms with Gasteiger partial charge in [-0.05, 0) is 60.2 Å². The van der Waals surface area contributed by atoms with Gasteiger partial charge in [0.1, 0.15) is 0 Å². The first-order valence-electron chi connectivity index (χ1n) is 11.1. The molecule has 0 saturated heterocycles. The number of amides is 2. The number of imide groups is 1. The summed E-state index contributed by atoms with van der Waals surface area (Å²) >= 11 is 0. The Morgan fingerprint density at radius 2 is 1.25 bits per heavy atom. The van der Waals surface area contributed by atoms with Crippen molar-refractivity contribution in [3.8, 4) is 11.8 Å². The second-order valence-electron chi connectivity index (χ2n) is 9.51. The lowest BCUT2D eigenvalue weighted by molar-refractivity contribution is 0.0568. The minimum atomic E-state index is -0.163. The van der Waals surface area contributed by atoms with Crippen LogP contribution in [0.1, 0.15) is 70.0 Å². The topological polar surface area (TPSA) is 37.4 Å². The van der Waals surface area contributed by atoms with Crippen LogP contribution in [0.5, 0.6) is 0 Å². The maximum atomic E-state index is 13.1. The minimum Gasteiger partial charge on any atom is -0.271 e. The Hall–Kier alpha value is -3.64. The molecule has 0 bridgehead atoms. The molecule has 1 fully saturated rings. The highest BCUT2D eigenvalue weighted by atomic mass is 16.2. The molecule has 0 N–H and O–H groups in total. The number of hydrogen-bond donors (Lipinski definition) is 0. The van der Waals surface area contributed by atoms with Crippen LogP contribution in [0.4, 0.5) is 0 Å². The van der Waals surface area contributed by atoms with Crippen LogP contribution in [0.2, 0.25) is 0 Å². The molecule has 1 unspecified atom stereocenters. The molecule has 1 heterocycles. The smallest absolute Gasteiger partial charge is 0.261 e. The Morgan fingerprint density at radius 3 is 1.84 bits per heavy atom. The third-order valence-corrected chi connectivity index (χ3v) is 6.62. The van der Waals surface area contributed by atoms with E-state index in [4.69, 9.17) is 0 Å². The van der Waals surface area contributed by atoms with E-state index < -0.39 is 0 Å². The Kier molecular flexibility index (Phi) is 4.94. The third-order valence-electron chi connectivity index (χ3n) is 6.62. The Labute approximate surface area is 189 Å². The van der Waals surface area contributed by atoms with Gasteiger partial charge in [-0.2, -0.15) is 0 Å². The summed E-state index contributed by atoms with van der Waals surface area (Å²) in [5.74, 6) is 6.20. The van der Waals surface area contributed by atoms with E-state index in [2.05, 4.69) is 37.8 Å². The molecule has 3 nitrogen and oxygen atoms in total. The van der Waals surface area contributed by atoms with Gasteiger partial charge in [-0.3, -0.25) is 14.5 Å². The van der Waals surface area contributed by atoms with Gasteiger partial charge < -0.3 is 0 Å². The first-order valence-corrected chi connectivity index (χ1v) is 11.1. The fourth-order valence-corrected chi connectivity index (χ4v) is 5.12. The molecule has 2 aliphatic rings. The van der Waals surface area contributed by atoms with Crippen molar-refractivity contribution in [2.45, 2.75) is 38.6 Å². The van der Waals surface area contributed by atoms with Gasteiger partial charge in [-0.1, -0.05) is 68.2 Å². The van der Waals surface area contributed by atoms with Crippen LogP contribution < -0.4 is 0 Å². The molecule has 32 heavy (non-hydrogen) atoms. The molecule has 3 heteroatoms. The zero-order chi connectivity index (χ0) is 22.3. The van der Waals surface area contributed by atoms with Crippen LogP contribution in [0.15, 0.2) is 78.9 Å². The van der Waals surface area contributed by atoms with Crippen molar-refractivity contribution < 1.29 is 9.59 Å². The van der Waals surface area contributed by atoms with E-state index >= 15 is 0 Å². The summed E-state index contributed by atoms with van der Waals surface area (Å²) in [7, 11) is 0. The first kappa shape index (κ1) is 20.3. The van der Waals surface area contributed by atoms with Gasteiger partial charge in [-0.25, -0.2) is 0 Å². The van der Waals surface area contributed by atoms with Crippen molar-refractivity contribution >= 4 is 11.8 Å². The zero-order valence-corrected chi connectivity index (χ0v) is 18.3. The number of rotatable bonds is 2. The molecule has 158 valence electrons. The van der Waals surface area contributed by atoms with Crippen LogP contribution in [-0.4, -0.2) is 22.8 Å². The predicted octanol–water partition coefficient (Wildman–Crippen LogP) is 5.65. The van der Waals surface area contributed by atoms with E-state index in [1.807, 2.05) is 54.6 Å². The van der Waals surface area contributed by atoms with Gasteiger partial charge in [0.05, 0.1) is 11.1 Å². The van der Waals surface area contributed by atoms with E-state index in [0.717, 1.165) is 29.5 Å². The second-order valence-corrected chi connectivity index (χ2v) is 9.51. The van der Waals surface area contributed by atoms with Crippen molar-refractivity contribution in [1.29, 1.82) is 0 Å². The Bertz CT molecular complexity index is 1210. The van der Waals surface area contributed by atoms with E-state index in [9.17, 15) is 9.59 Å². The van der Waals surface area contributed by atoms with Crippen LogP contribution in [-0.2, 0) is 0 Å². The van der Waals surface area contributed by atoms with Gasteiger partial charge in [0.15, 0.2) is 0 Å². The second kappa shape index (κ2) is 7.80. The van der Waals surface area contributed by atoms with E-state index in [1.54, 1.807) is 12.1 Å². The molecular formula is C29H25NO2. The molecule has 0 radical (unpaired) electrons. The molecule has 2 atom stereocenters. The van der Waals surface area contributed by atoms with E-state index in [1.165, 1.54) is 4.90 Å². The summed E-state index contributed by atoms with van der Waals surface area (Å²) in [6, 6.07) is 25.2. The van der Waals surface area contributed by atoms with Crippen molar-refractivity contribution in [2.75, 3.05) is 0 Å². The Balaban J connectivity index is 1.43. The van der Waals surface area contributed by atoms with Crippen LogP contribution in [0, 0.1) is 17.3 Å². The SMILES string of the molecule is CC1(C)CC(c2ccc(C#Cc3ccccc3)cc2)[C@@H](N2C(=O)c3ccccc3C2=O)C1. The van der Waals surface area contributed by atoms with Gasteiger partial charge >= 0.3 is 0 Å². The Morgan fingerprint density at radius 1 is 0.719 bits per heavy atom. The fraction of sp³-hybridized carbons (Fsp3) is 0.241. The quantitative estimate of drug-likeness (QED) is 0.397. The number of nitrogens with zero attached hydrogens (tertiary/aromatic N) is 1. The molecule has 0 spiro atoms. The fourth-order valence-electron chi connectivity index (χ4n) is 5.12. The molecule has 1 aliphatic carbocycles. The molecule has 1 aliphatic heterocycles. The number of hydrogen-bond acceptors (Lipinski definition) is 2. The lowest BCUT2D eigenvalue weighted by atomic mass is 9.88. The largest absolute Gasteiger partial charge is 0.271 e. The summed E-state index contributed by atoms with van der Waals surface area (Å²) in [6.45, 7) is 4.44. The van der Waals surface area contributed by atoms with E-state index in [0.29, 0.717) is 11.1 Å². The highest BCUT2D eigenvalue weighted by Gasteiger charge is 2.49. The summed E-state index contributed by atoms with van der Waals surface area (Å²) in [5.41, 5.74) is 4.19. The van der Waals surface area contributed by atoms with Gasteiger partial charge in [0.25, 0.3) is 11.8 Å². The maximum Gasteiger partial charge on any atom is 0.261 e. The highest BCUT2D eigenvalue weighted by Crippen LogP contribution is 2.49. The molecule has 0 aromatic heterocycles. The summed E-state index contributed by atoms with van der Waals surface area (Å²) < 4.78 is 0. The van der Waals surface area contributed by atoms with Gasteiger partial charge in [-0.15, -0.1) is 0 Å². The molecular weight excluding hydrogens is 394 g/mol. The minimum absolute atomic E-state index is 0.0520. The lowest BCUT2D eigenvalue weighted by Crippen LogP contribution is -2.41. The van der Waals surface area contributed by atoms with Gasteiger partial charge in [0.2, 0.25) is 0 Å². The summed E-state index contributed by atoms with van der Waals surface area (Å²) in [5, 5.41) is 0. The zero-order valence-electron chi connectivity index (χ0n) is 18.3. The molecule has 3 aromatic carbocycles. The first-order chi connectivity index (χ1) is 15.4. The number of fused-ring (bicyclic) bond motifs is 1.